The summed E-state index contributed by atoms with van der Waals surface area (Å²) in [4.78, 5) is 10.3. The molecule has 3 N–H and O–H groups in total. The maximum atomic E-state index is 12.6. The molecule has 0 aromatic rings. The number of aliphatic hydroxyl groups is 1. The molecule has 2 heterocycles. The number of rotatable bonds is 10. The average Bonchev–Trinajstić information content (AvgIpc) is 3.04. The van der Waals surface area contributed by atoms with Gasteiger partial charge in [0.25, 0.3) is 0 Å². The summed E-state index contributed by atoms with van der Waals surface area (Å²) in [5, 5.41) is 12.9. The minimum absolute atomic E-state index is 0.0120. The van der Waals surface area contributed by atoms with E-state index in [0.29, 0.717) is 0 Å². The van der Waals surface area contributed by atoms with Crippen LogP contribution in [0.4, 0.5) is 0 Å². The van der Waals surface area contributed by atoms with Crippen molar-refractivity contribution in [3.8, 4) is 0 Å². The Hall–Kier alpha value is -0.0900. The Labute approximate surface area is 167 Å². The summed E-state index contributed by atoms with van der Waals surface area (Å²) >= 11 is 0. The first-order chi connectivity index (χ1) is 13.0. The molecule has 0 aliphatic carbocycles. The molecule has 2 saturated heterocycles. The fraction of sp³-hybridized carbons (Fsp3) is 1.00. The third kappa shape index (κ3) is 7.00. The van der Waals surface area contributed by atoms with E-state index in [4.69, 9.17) is 23.5 Å². The van der Waals surface area contributed by atoms with E-state index in [9.17, 15) is 14.6 Å². The summed E-state index contributed by atoms with van der Waals surface area (Å²) in [5.74, 6) is 0. The number of hydrogen-bond acceptors (Lipinski definition) is 7. The van der Waals surface area contributed by atoms with Crippen molar-refractivity contribution < 1.29 is 38.0 Å². The van der Waals surface area contributed by atoms with Crippen molar-refractivity contribution in [1.82, 2.24) is 5.09 Å². The van der Waals surface area contributed by atoms with Crippen LogP contribution < -0.4 is 5.09 Å². The largest absolute Gasteiger partial charge is 0.403 e. The van der Waals surface area contributed by atoms with Gasteiger partial charge in [0.15, 0.2) is 0 Å². The van der Waals surface area contributed by atoms with Gasteiger partial charge in [0, 0.05) is 13.0 Å². The van der Waals surface area contributed by atoms with Gasteiger partial charge in [-0.05, 0) is 41.5 Å². The van der Waals surface area contributed by atoms with E-state index in [1.807, 2.05) is 34.6 Å². The Morgan fingerprint density at radius 2 is 1.82 bits per heavy atom. The van der Waals surface area contributed by atoms with Crippen molar-refractivity contribution in [2.75, 3.05) is 13.2 Å². The molecule has 166 valence electrons. The fourth-order valence-corrected chi connectivity index (χ4v) is 4.55. The van der Waals surface area contributed by atoms with Crippen LogP contribution in [0.2, 0.25) is 0 Å². The highest BCUT2D eigenvalue weighted by Crippen LogP contribution is 2.43. The molecule has 2 fully saturated rings. The van der Waals surface area contributed by atoms with Crippen molar-refractivity contribution in [2.24, 2.45) is 0 Å². The lowest BCUT2D eigenvalue weighted by Gasteiger charge is -2.26. The predicted molar refractivity (Wildman–Crippen MR) is 103 cm³/mol. The van der Waals surface area contributed by atoms with Crippen molar-refractivity contribution in [3.05, 3.63) is 0 Å². The summed E-state index contributed by atoms with van der Waals surface area (Å²) in [6.45, 7) is 11.5. The van der Waals surface area contributed by atoms with Gasteiger partial charge in [0.2, 0.25) is 0 Å². The Kier molecular flexibility index (Phi) is 8.88. The van der Waals surface area contributed by atoms with Gasteiger partial charge in [-0.2, -0.15) is 0 Å². The van der Waals surface area contributed by atoms with Crippen molar-refractivity contribution in [2.45, 2.75) is 103 Å². The smallest absolute Gasteiger partial charge is 0.388 e. The first-order valence-electron chi connectivity index (χ1n) is 10.0. The zero-order valence-electron chi connectivity index (χ0n) is 17.6. The van der Waals surface area contributed by atoms with Crippen LogP contribution in [-0.4, -0.2) is 78.1 Å². The average molecular weight is 425 g/mol. The van der Waals surface area contributed by atoms with Gasteiger partial charge in [0.05, 0.1) is 43.2 Å². The molecular weight excluding hydrogens is 389 g/mol. The van der Waals surface area contributed by atoms with E-state index < -0.39 is 32.2 Å². The monoisotopic (exact) mass is 425 g/mol. The van der Waals surface area contributed by atoms with Crippen LogP contribution in [0.1, 0.15) is 48.0 Å². The Morgan fingerprint density at radius 1 is 1.14 bits per heavy atom. The van der Waals surface area contributed by atoms with Gasteiger partial charge in [0.1, 0.15) is 18.3 Å². The van der Waals surface area contributed by atoms with E-state index in [-0.39, 0.29) is 43.7 Å². The van der Waals surface area contributed by atoms with Crippen molar-refractivity contribution in [1.29, 1.82) is 0 Å². The Morgan fingerprint density at radius 3 is 2.43 bits per heavy atom. The molecule has 0 aromatic heterocycles. The number of hydrogen-bond donors (Lipinski definition) is 3. The lowest BCUT2D eigenvalue weighted by Crippen LogP contribution is -2.39. The van der Waals surface area contributed by atoms with E-state index in [2.05, 4.69) is 5.09 Å². The van der Waals surface area contributed by atoms with Crippen molar-refractivity contribution >= 4 is 7.75 Å². The molecule has 8 unspecified atom stereocenters. The molecule has 0 radical (unpaired) electrons. The third-order valence-corrected chi connectivity index (χ3v) is 5.87. The lowest BCUT2D eigenvalue weighted by molar-refractivity contribution is -0.0533. The summed E-state index contributed by atoms with van der Waals surface area (Å²) in [7, 11) is -4.20. The van der Waals surface area contributed by atoms with E-state index in [1.54, 1.807) is 6.92 Å². The maximum Gasteiger partial charge on any atom is 0.403 e. The molecule has 2 aliphatic rings. The van der Waals surface area contributed by atoms with Gasteiger partial charge in [-0.25, -0.2) is 9.65 Å². The van der Waals surface area contributed by atoms with Crippen LogP contribution in [-0.2, 0) is 28.0 Å². The molecule has 28 heavy (non-hydrogen) atoms. The normalized spacial score (nSPS) is 38.4. The fourth-order valence-electron chi connectivity index (χ4n) is 3.47. The van der Waals surface area contributed by atoms with Crippen LogP contribution in [0.3, 0.4) is 0 Å². The first-order valence-corrected chi connectivity index (χ1v) is 11.6. The Bertz CT molecular complexity index is 534. The summed E-state index contributed by atoms with van der Waals surface area (Å²) in [6, 6.07) is 0. The second kappa shape index (κ2) is 10.3. The van der Waals surface area contributed by atoms with E-state index >= 15 is 0 Å². The molecule has 2 aliphatic heterocycles. The molecule has 0 spiro atoms. The molecule has 0 amide bonds. The topological polar surface area (TPSA) is 116 Å². The van der Waals surface area contributed by atoms with Gasteiger partial charge in [-0.15, -0.1) is 0 Å². The number of aliphatic hydroxyl groups excluding tert-OH is 1. The van der Waals surface area contributed by atoms with Gasteiger partial charge < -0.3 is 28.9 Å². The Balaban J connectivity index is 1.93. The van der Waals surface area contributed by atoms with Gasteiger partial charge >= 0.3 is 7.75 Å². The summed E-state index contributed by atoms with van der Waals surface area (Å²) < 4.78 is 40.8. The SMILES string of the molecule is CC(C)OCC1OC(C)C(O)C1OP(=O)(O)NCC1OC(C)CC1OC(C)C. The highest BCUT2D eigenvalue weighted by atomic mass is 31.2. The summed E-state index contributed by atoms with van der Waals surface area (Å²) in [5.41, 5.74) is 0. The molecule has 2 rings (SSSR count). The first kappa shape index (κ1) is 24.2. The molecule has 0 bridgehead atoms. The van der Waals surface area contributed by atoms with Gasteiger partial charge in [-0.3, -0.25) is 4.52 Å². The predicted octanol–water partition coefficient (Wildman–Crippen LogP) is 1.61. The second-order valence-electron chi connectivity index (χ2n) is 8.15. The van der Waals surface area contributed by atoms with Gasteiger partial charge in [-0.1, -0.05) is 0 Å². The molecule has 0 aromatic carbocycles. The third-order valence-electron chi connectivity index (χ3n) is 4.76. The second-order valence-corrected chi connectivity index (χ2v) is 9.72. The highest BCUT2D eigenvalue weighted by molar-refractivity contribution is 7.50. The highest BCUT2D eigenvalue weighted by Gasteiger charge is 2.46. The standard InChI is InChI=1S/C18H36NO8P/c1-10(2)23-9-16-18(17(20)13(6)26-16)27-28(21,22)19-8-15-14(24-11(3)4)7-12(5)25-15/h10-18,20H,7-9H2,1-6H3,(H2,19,21,22). The zero-order valence-corrected chi connectivity index (χ0v) is 18.5. The van der Waals surface area contributed by atoms with Crippen LogP contribution in [0.15, 0.2) is 0 Å². The number of nitrogens with one attached hydrogen (secondary N) is 1. The van der Waals surface area contributed by atoms with Crippen molar-refractivity contribution in [3.63, 3.8) is 0 Å². The number of ether oxygens (including phenoxy) is 4. The van der Waals surface area contributed by atoms with E-state index in [0.717, 1.165) is 6.42 Å². The quantitative estimate of drug-likeness (QED) is 0.449. The molecule has 10 heteroatoms. The van der Waals surface area contributed by atoms with Crippen LogP contribution in [0.5, 0.6) is 0 Å². The molecule has 9 nitrogen and oxygen atoms in total. The minimum Gasteiger partial charge on any atom is -0.388 e. The molecular formula is C18H36NO8P. The van der Waals surface area contributed by atoms with Crippen LogP contribution in [0, 0.1) is 0 Å². The maximum absolute atomic E-state index is 12.6. The molecule has 0 saturated carbocycles. The van der Waals surface area contributed by atoms with E-state index in [1.165, 1.54) is 0 Å². The molecule has 8 atom stereocenters. The van der Waals surface area contributed by atoms with Crippen LogP contribution in [0.25, 0.3) is 0 Å². The van der Waals surface area contributed by atoms with Crippen LogP contribution >= 0.6 is 7.75 Å². The summed E-state index contributed by atoms with van der Waals surface area (Å²) in [6.07, 6.45) is -2.92. The lowest BCUT2D eigenvalue weighted by atomic mass is 10.1. The minimum atomic E-state index is -4.20. The zero-order chi connectivity index (χ0) is 21.1.